The first-order valence-electron chi connectivity index (χ1n) is 4.89. The van der Waals surface area contributed by atoms with Gasteiger partial charge in [-0.1, -0.05) is 27.2 Å². The van der Waals surface area contributed by atoms with Gasteiger partial charge in [-0.3, -0.25) is 0 Å². The minimum absolute atomic E-state index is 0.0218. The van der Waals surface area contributed by atoms with E-state index < -0.39 is 0 Å². The third kappa shape index (κ3) is 8.22. The molecule has 0 rings (SSSR count). The zero-order valence-corrected chi connectivity index (χ0v) is 9.34. The lowest BCUT2D eigenvalue weighted by Crippen LogP contribution is -2.24. The maximum atomic E-state index is 8.79. The molecule has 0 aliphatic carbocycles. The van der Waals surface area contributed by atoms with Gasteiger partial charge >= 0.3 is 0 Å². The number of hydrogen-bond donors (Lipinski definition) is 1. The van der Waals surface area contributed by atoms with Crippen LogP contribution in [0.4, 0.5) is 0 Å². The van der Waals surface area contributed by atoms with E-state index in [-0.39, 0.29) is 6.73 Å². The molecule has 0 unspecified atom stereocenters. The summed E-state index contributed by atoms with van der Waals surface area (Å²) in [4.78, 5) is 4.91. The summed E-state index contributed by atoms with van der Waals surface area (Å²) in [6.07, 6.45) is 3.48. The van der Waals surface area contributed by atoms with Crippen LogP contribution in [0, 0.1) is 5.41 Å². The van der Waals surface area contributed by atoms with Gasteiger partial charge in [0.1, 0.15) is 6.73 Å². The van der Waals surface area contributed by atoms with E-state index in [1.54, 1.807) is 12.2 Å². The monoisotopic (exact) mass is 189 g/mol. The molecule has 0 amide bonds. The summed E-state index contributed by atoms with van der Waals surface area (Å²) in [5.74, 6) is 0. The van der Waals surface area contributed by atoms with E-state index in [9.17, 15) is 0 Å². The molecule has 0 aliphatic heterocycles. The topological polar surface area (TPSA) is 32.7 Å². The Kier molecular flexibility index (Phi) is 6.29. The molecule has 1 N–H and O–H groups in total. The molecule has 80 valence electrons. The van der Waals surface area contributed by atoms with E-state index in [0.29, 0.717) is 5.41 Å². The van der Waals surface area contributed by atoms with Crippen LogP contribution in [0.3, 0.4) is 0 Å². The zero-order chi connectivity index (χ0) is 10.3. The van der Waals surface area contributed by atoms with Crippen LogP contribution < -0.4 is 0 Å². The summed E-state index contributed by atoms with van der Waals surface area (Å²) in [6, 6.07) is 0. The summed E-state index contributed by atoms with van der Waals surface area (Å²) in [5.41, 5.74) is 0.414. The molecule has 0 aromatic rings. The minimum atomic E-state index is -0.0218. The van der Waals surface area contributed by atoms with Crippen molar-refractivity contribution < 1.29 is 9.94 Å². The molecule has 3 heteroatoms. The normalized spacial score (nSPS) is 12.5. The average Bonchev–Trinajstić information content (AvgIpc) is 2.03. The van der Waals surface area contributed by atoms with Gasteiger partial charge < -0.3 is 9.94 Å². The summed E-state index contributed by atoms with van der Waals surface area (Å²) in [6.45, 7) is 7.52. The maximum Gasteiger partial charge on any atom is 0.119 e. The Morgan fingerprint density at radius 3 is 2.23 bits per heavy atom. The van der Waals surface area contributed by atoms with Crippen LogP contribution in [-0.4, -0.2) is 30.6 Å². The lowest BCUT2D eigenvalue weighted by atomic mass is 9.90. The van der Waals surface area contributed by atoms with Crippen LogP contribution >= 0.6 is 0 Å². The Balaban J connectivity index is 3.34. The zero-order valence-electron chi connectivity index (χ0n) is 9.34. The van der Waals surface area contributed by atoms with E-state index in [2.05, 4.69) is 20.8 Å². The van der Waals surface area contributed by atoms with E-state index >= 15 is 0 Å². The van der Waals surface area contributed by atoms with E-state index in [1.807, 2.05) is 0 Å². The predicted octanol–water partition coefficient (Wildman–Crippen LogP) is 2.02. The molecule has 0 aliphatic rings. The molecule has 0 saturated carbocycles. The van der Waals surface area contributed by atoms with Crippen molar-refractivity contribution in [2.24, 2.45) is 5.41 Å². The summed E-state index contributed by atoms with van der Waals surface area (Å²) < 4.78 is 0. The van der Waals surface area contributed by atoms with Crippen molar-refractivity contribution in [3.8, 4) is 0 Å². The number of rotatable bonds is 6. The van der Waals surface area contributed by atoms with E-state index in [4.69, 9.17) is 9.94 Å². The third-order valence-corrected chi connectivity index (χ3v) is 2.00. The SMILES string of the molecule is CON(CO)CCCCC(C)(C)C. The quantitative estimate of drug-likeness (QED) is 0.394. The average molecular weight is 189 g/mol. The van der Waals surface area contributed by atoms with Crippen molar-refractivity contribution in [2.45, 2.75) is 40.0 Å². The number of nitrogens with zero attached hydrogens (tertiary/aromatic N) is 1. The Hall–Kier alpha value is -0.120. The van der Waals surface area contributed by atoms with Crippen LogP contribution in [-0.2, 0) is 4.84 Å². The number of aliphatic hydroxyl groups excluding tert-OH is 1. The van der Waals surface area contributed by atoms with Gasteiger partial charge in [0.2, 0.25) is 0 Å². The van der Waals surface area contributed by atoms with Crippen LogP contribution in [0.15, 0.2) is 0 Å². The number of unbranched alkanes of at least 4 members (excludes halogenated alkanes) is 1. The van der Waals surface area contributed by atoms with Gasteiger partial charge in [0.15, 0.2) is 0 Å². The molecule has 0 radical (unpaired) electrons. The van der Waals surface area contributed by atoms with Gasteiger partial charge in [0, 0.05) is 6.54 Å². The second-order valence-corrected chi connectivity index (χ2v) is 4.55. The standard InChI is InChI=1S/C10H23NO2/c1-10(2,3)7-5-6-8-11(9-12)13-4/h12H,5-9H2,1-4H3. The molecule has 13 heavy (non-hydrogen) atoms. The van der Waals surface area contributed by atoms with Crippen LogP contribution in [0.25, 0.3) is 0 Å². The molecule has 0 fully saturated rings. The molecule has 0 bridgehead atoms. The lowest BCUT2D eigenvalue weighted by Gasteiger charge is -2.19. The van der Waals surface area contributed by atoms with Gasteiger partial charge in [-0.05, 0) is 18.3 Å². The largest absolute Gasteiger partial charge is 0.379 e. The Labute approximate surface area is 81.6 Å². The first-order chi connectivity index (χ1) is 5.99. The second-order valence-electron chi connectivity index (χ2n) is 4.55. The van der Waals surface area contributed by atoms with Gasteiger partial charge in [0.25, 0.3) is 0 Å². The van der Waals surface area contributed by atoms with Gasteiger partial charge in [0.05, 0.1) is 7.11 Å². The number of aliphatic hydroxyl groups is 1. The molecule has 0 heterocycles. The van der Waals surface area contributed by atoms with Crippen molar-refractivity contribution in [1.29, 1.82) is 0 Å². The van der Waals surface area contributed by atoms with Gasteiger partial charge in [-0.2, -0.15) is 5.06 Å². The van der Waals surface area contributed by atoms with Crippen molar-refractivity contribution in [3.63, 3.8) is 0 Å². The molecule has 0 saturated heterocycles. The van der Waals surface area contributed by atoms with Crippen LogP contribution in [0.5, 0.6) is 0 Å². The number of hydroxylamine groups is 2. The summed E-state index contributed by atoms with van der Waals surface area (Å²) >= 11 is 0. The van der Waals surface area contributed by atoms with E-state index in [1.165, 1.54) is 12.8 Å². The first-order valence-corrected chi connectivity index (χ1v) is 4.89. The van der Waals surface area contributed by atoms with Crippen molar-refractivity contribution in [1.82, 2.24) is 5.06 Å². The highest BCUT2D eigenvalue weighted by Crippen LogP contribution is 2.21. The van der Waals surface area contributed by atoms with Crippen LogP contribution in [0.1, 0.15) is 40.0 Å². The molecule has 0 atom stereocenters. The smallest absolute Gasteiger partial charge is 0.119 e. The highest BCUT2D eigenvalue weighted by atomic mass is 16.7. The van der Waals surface area contributed by atoms with E-state index in [0.717, 1.165) is 13.0 Å². The van der Waals surface area contributed by atoms with Crippen molar-refractivity contribution >= 4 is 0 Å². The minimum Gasteiger partial charge on any atom is -0.379 e. The molecule has 0 aromatic carbocycles. The third-order valence-electron chi connectivity index (χ3n) is 2.00. The fourth-order valence-corrected chi connectivity index (χ4v) is 1.16. The Morgan fingerprint density at radius 2 is 1.85 bits per heavy atom. The Morgan fingerprint density at radius 1 is 1.23 bits per heavy atom. The molecule has 0 aromatic heterocycles. The van der Waals surface area contributed by atoms with Gasteiger partial charge in [-0.15, -0.1) is 0 Å². The number of hydrogen-bond acceptors (Lipinski definition) is 3. The highest BCUT2D eigenvalue weighted by molar-refractivity contribution is 4.61. The second kappa shape index (κ2) is 6.35. The fourth-order valence-electron chi connectivity index (χ4n) is 1.16. The van der Waals surface area contributed by atoms with Crippen LogP contribution in [0.2, 0.25) is 0 Å². The van der Waals surface area contributed by atoms with Crippen molar-refractivity contribution in [3.05, 3.63) is 0 Å². The molecular formula is C10H23NO2. The highest BCUT2D eigenvalue weighted by Gasteiger charge is 2.09. The molecule has 0 spiro atoms. The summed E-state index contributed by atoms with van der Waals surface area (Å²) in [7, 11) is 1.58. The summed E-state index contributed by atoms with van der Waals surface area (Å²) in [5, 5.41) is 10.3. The maximum absolute atomic E-state index is 8.79. The predicted molar refractivity (Wildman–Crippen MR) is 54.1 cm³/mol. The lowest BCUT2D eigenvalue weighted by molar-refractivity contribution is -0.173. The fraction of sp³-hybridized carbons (Fsp3) is 1.00. The van der Waals surface area contributed by atoms with Gasteiger partial charge in [-0.25, -0.2) is 0 Å². The first kappa shape index (κ1) is 12.9. The van der Waals surface area contributed by atoms with Crippen molar-refractivity contribution in [2.75, 3.05) is 20.4 Å². The molecular weight excluding hydrogens is 166 g/mol. The Bertz CT molecular complexity index is 117. The molecule has 3 nitrogen and oxygen atoms in total.